The van der Waals surface area contributed by atoms with Crippen LogP contribution in [0.5, 0.6) is 0 Å². The number of benzene rings is 1. The van der Waals surface area contributed by atoms with E-state index < -0.39 is 5.82 Å². The van der Waals surface area contributed by atoms with Gasteiger partial charge < -0.3 is 10.2 Å². The molecule has 0 saturated heterocycles. The topological polar surface area (TPSA) is 27.6 Å². The number of thiophene rings is 1. The first kappa shape index (κ1) is 17.4. The summed E-state index contributed by atoms with van der Waals surface area (Å²) < 4.78 is 26.7. The molecule has 6 heteroatoms. The van der Waals surface area contributed by atoms with E-state index in [1.807, 2.05) is 18.0 Å². The Bertz CT molecular complexity index is 641. The monoisotopic (exact) mass is 337 g/mol. The molecule has 1 N–H and O–H groups in total. The van der Waals surface area contributed by atoms with Crippen LogP contribution in [-0.4, -0.2) is 38.0 Å². The fraction of sp³-hybridized carbons (Fsp3) is 0.353. The zero-order valence-corrected chi connectivity index (χ0v) is 14.2. The number of nitrogens with one attached hydrogen (secondary N) is 1. The Kier molecular flexibility index (Phi) is 6.52. The molecule has 0 spiro atoms. The second-order valence-corrected chi connectivity index (χ2v) is 6.24. The lowest BCUT2D eigenvalue weighted by Crippen LogP contribution is -2.40. The van der Waals surface area contributed by atoms with Crippen LogP contribution in [0.4, 0.5) is 8.78 Å². The summed E-state index contributed by atoms with van der Waals surface area (Å²) in [6.07, 6.45) is 1.36. The van der Waals surface area contributed by atoms with Gasteiger partial charge in [-0.3, -0.25) is 4.99 Å². The molecule has 23 heavy (non-hydrogen) atoms. The minimum atomic E-state index is -0.418. The van der Waals surface area contributed by atoms with E-state index in [0.29, 0.717) is 18.5 Å². The van der Waals surface area contributed by atoms with Gasteiger partial charge in [-0.1, -0.05) is 6.07 Å². The standard InChI is InChI=1S/C17H21F2N3S/c1-20-17(22(2)10-8-15-4-3-11-23-15)21-9-7-13-12-14(18)5-6-16(13)19/h3-6,11-12H,7-10H2,1-2H3,(H,20,21). The second kappa shape index (κ2) is 8.62. The van der Waals surface area contributed by atoms with Crippen LogP contribution in [0.2, 0.25) is 0 Å². The molecule has 2 rings (SSSR count). The Morgan fingerprint density at radius 2 is 2.09 bits per heavy atom. The lowest BCUT2D eigenvalue weighted by Gasteiger charge is -2.21. The highest BCUT2D eigenvalue weighted by molar-refractivity contribution is 7.09. The predicted octanol–water partition coefficient (Wildman–Crippen LogP) is 3.32. The minimum Gasteiger partial charge on any atom is -0.356 e. The zero-order valence-electron chi connectivity index (χ0n) is 13.4. The molecule has 0 radical (unpaired) electrons. The fourth-order valence-electron chi connectivity index (χ4n) is 2.27. The summed E-state index contributed by atoms with van der Waals surface area (Å²) in [6.45, 7) is 1.34. The Hall–Kier alpha value is -1.95. The van der Waals surface area contributed by atoms with Crippen LogP contribution in [-0.2, 0) is 12.8 Å². The number of aliphatic imine (C=N–C) groups is 1. The predicted molar refractivity (Wildman–Crippen MR) is 92.1 cm³/mol. The smallest absolute Gasteiger partial charge is 0.193 e. The van der Waals surface area contributed by atoms with Gasteiger partial charge in [0.15, 0.2) is 5.96 Å². The quantitative estimate of drug-likeness (QED) is 0.647. The average Bonchev–Trinajstić information content (AvgIpc) is 3.06. The first-order valence-corrected chi connectivity index (χ1v) is 8.36. The van der Waals surface area contributed by atoms with Crippen molar-refractivity contribution in [3.63, 3.8) is 0 Å². The molecule has 2 aromatic rings. The molecular weight excluding hydrogens is 316 g/mol. The highest BCUT2D eigenvalue weighted by atomic mass is 32.1. The molecule has 0 saturated carbocycles. The number of nitrogens with zero attached hydrogens (tertiary/aromatic N) is 2. The van der Waals surface area contributed by atoms with Crippen LogP contribution in [0, 0.1) is 11.6 Å². The van der Waals surface area contributed by atoms with E-state index in [1.165, 1.54) is 10.9 Å². The molecule has 3 nitrogen and oxygen atoms in total. The van der Waals surface area contributed by atoms with Crippen molar-refractivity contribution in [3.05, 3.63) is 57.8 Å². The van der Waals surface area contributed by atoms with Crippen molar-refractivity contribution >= 4 is 17.3 Å². The third kappa shape index (κ3) is 5.32. The number of likely N-dealkylation sites (N-methyl/N-ethyl adjacent to an activating group) is 1. The van der Waals surface area contributed by atoms with Crippen LogP contribution < -0.4 is 5.32 Å². The van der Waals surface area contributed by atoms with E-state index in [4.69, 9.17) is 0 Å². The third-order valence-corrected chi connectivity index (χ3v) is 4.47. The van der Waals surface area contributed by atoms with Crippen molar-refractivity contribution in [2.45, 2.75) is 12.8 Å². The summed E-state index contributed by atoms with van der Waals surface area (Å²) in [5.74, 6) is -0.0496. The highest BCUT2D eigenvalue weighted by Crippen LogP contribution is 2.10. The molecule has 0 unspecified atom stereocenters. The molecule has 1 aromatic heterocycles. The minimum absolute atomic E-state index is 0.370. The van der Waals surface area contributed by atoms with Crippen LogP contribution in [0.15, 0.2) is 40.7 Å². The van der Waals surface area contributed by atoms with Crippen molar-refractivity contribution < 1.29 is 8.78 Å². The van der Waals surface area contributed by atoms with Gasteiger partial charge in [-0.05, 0) is 48.1 Å². The van der Waals surface area contributed by atoms with E-state index in [-0.39, 0.29) is 5.82 Å². The van der Waals surface area contributed by atoms with Crippen molar-refractivity contribution in [1.82, 2.24) is 10.2 Å². The lowest BCUT2D eigenvalue weighted by atomic mass is 10.1. The third-order valence-electron chi connectivity index (χ3n) is 3.53. The van der Waals surface area contributed by atoms with Gasteiger partial charge in [0, 0.05) is 32.1 Å². The number of hydrogen-bond acceptors (Lipinski definition) is 2. The van der Waals surface area contributed by atoms with Crippen LogP contribution in [0.1, 0.15) is 10.4 Å². The molecule has 0 fully saturated rings. The van der Waals surface area contributed by atoms with Crippen LogP contribution >= 0.6 is 11.3 Å². The highest BCUT2D eigenvalue weighted by Gasteiger charge is 2.08. The zero-order chi connectivity index (χ0) is 16.7. The number of hydrogen-bond donors (Lipinski definition) is 1. The van der Waals surface area contributed by atoms with Gasteiger partial charge in [0.1, 0.15) is 11.6 Å². The van der Waals surface area contributed by atoms with Gasteiger partial charge in [0.25, 0.3) is 0 Å². The summed E-state index contributed by atoms with van der Waals surface area (Å²) in [7, 11) is 3.68. The Morgan fingerprint density at radius 1 is 1.26 bits per heavy atom. The Labute approximate surface area is 139 Å². The molecule has 0 bridgehead atoms. The van der Waals surface area contributed by atoms with Crippen molar-refractivity contribution in [1.29, 1.82) is 0 Å². The number of guanidine groups is 1. The maximum absolute atomic E-state index is 13.6. The van der Waals surface area contributed by atoms with Gasteiger partial charge in [-0.15, -0.1) is 11.3 Å². The first-order valence-electron chi connectivity index (χ1n) is 7.48. The van der Waals surface area contributed by atoms with E-state index in [2.05, 4.69) is 21.8 Å². The molecule has 124 valence electrons. The first-order chi connectivity index (χ1) is 11.1. The summed E-state index contributed by atoms with van der Waals surface area (Å²) in [4.78, 5) is 7.58. The van der Waals surface area contributed by atoms with Gasteiger partial charge in [0.05, 0.1) is 0 Å². The van der Waals surface area contributed by atoms with Gasteiger partial charge in [-0.25, -0.2) is 8.78 Å². The molecular formula is C17H21F2N3S. The molecule has 0 aliphatic heterocycles. The maximum Gasteiger partial charge on any atom is 0.193 e. The van der Waals surface area contributed by atoms with Crippen LogP contribution in [0.25, 0.3) is 0 Å². The Morgan fingerprint density at radius 3 is 2.78 bits per heavy atom. The molecule has 0 amide bonds. The number of rotatable bonds is 6. The van der Waals surface area contributed by atoms with Crippen molar-refractivity contribution in [2.75, 3.05) is 27.2 Å². The molecule has 1 heterocycles. The lowest BCUT2D eigenvalue weighted by molar-refractivity contribution is 0.486. The van der Waals surface area contributed by atoms with Gasteiger partial charge in [-0.2, -0.15) is 0 Å². The molecule has 0 atom stereocenters. The summed E-state index contributed by atoms with van der Waals surface area (Å²) >= 11 is 1.74. The average molecular weight is 337 g/mol. The largest absolute Gasteiger partial charge is 0.356 e. The van der Waals surface area contributed by atoms with Crippen LogP contribution in [0.3, 0.4) is 0 Å². The van der Waals surface area contributed by atoms with E-state index in [0.717, 1.165) is 31.1 Å². The van der Waals surface area contributed by atoms with Gasteiger partial charge >= 0.3 is 0 Å². The SMILES string of the molecule is CN=C(NCCc1cc(F)ccc1F)N(C)CCc1cccs1. The normalized spacial score (nSPS) is 11.6. The summed E-state index contributed by atoms with van der Waals surface area (Å²) in [5.41, 5.74) is 0.370. The molecule has 1 aromatic carbocycles. The Balaban J connectivity index is 1.81. The molecule has 0 aliphatic carbocycles. The summed E-state index contributed by atoms with van der Waals surface area (Å²) in [5, 5.41) is 5.25. The van der Waals surface area contributed by atoms with Crippen molar-refractivity contribution in [2.24, 2.45) is 4.99 Å². The summed E-state index contributed by atoms with van der Waals surface area (Å²) in [6, 6.07) is 7.68. The van der Waals surface area contributed by atoms with Gasteiger partial charge in [0.2, 0.25) is 0 Å². The fourth-order valence-corrected chi connectivity index (χ4v) is 2.97. The van der Waals surface area contributed by atoms with Crippen molar-refractivity contribution in [3.8, 4) is 0 Å². The van der Waals surface area contributed by atoms with E-state index in [1.54, 1.807) is 18.4 Å². The van der Waals surface area contributed by atoms with E-state index in [9.17, 15) is 8.78 Å². The number of halogens is 2. The molecule has 0 aliphatic rings. The van der Waals surface area contributed by atoms with E-state index >= 15 is 0 Å². The maximum atomic E-state index is 13.6. The second-order valence-electron chi connectivity index (χ2n) is 5.21.